The van der Waals surface area contributed by atoms with Gasteiger partial charge in [0, 0.05) is 47.7 Å². The van der Waals surface area contributed by atoms with Crippen LogP contribution in [-0.2, 0) is 32.6 Å². The number of anilines is 2. The van der Waals surface area contributed by atoms with Crippen LogP contribution in [0.1, 0.15) is 51.3 Å². The zero-order valence-corrected chi connectivity index (χ0v) is 29.5. The number of nitrogens with one attached hydrogen (secondary N) is 1. The zero-order chi connectivity index (χ0) is 34.6. The van der Waals surface area contributed by atoms with Gasteiger partial charge in [-0.1, -0.05) is 51.3 Å². The van der Waals surface area contributed by atoms with E-state index in [1.54, 1.807) is 36.8 Å². The minimum Gasteiger partial charge on any atom is -0.491 e. The number of hydrogen-bond donors (Lipinski definition) is 1. The summed E-state index contributed by atoms with van der Waals surface area (Å²) in [4.78, 5) is 20.8. The largest absolute Gasteiger partial charge is 0.491 e. The smallest absolute Gasteiger partial charge is 0.251 e. The molecule has 3 aromatic carbocycles. The van der Waals surface area contributed by atoms with Crippen LogP contribution in [0.5, 0.6) is 5.75 Å². The number of terminal acetylenes is 1. The molecule has 49 heavy (non-hydrogen) atoms. The van der Waals surface area contributed by atoms with E-state index < -0.39 is 10.8 Å². The monoisotopic (exact) mass is 678 g/mol. The van der Waals surface area contributed by atoms with Gasteiger partial charge in [-0.25, -0.2) is 4.98 Å². The summed E-state index contributed by atoms with van der Waals surface area (Å²) in [6, 6.07) is 21.8. The first-order chi connectivity index (χ1) is 23.8. The van der Waals surface area contributed by atoms with Gasteiger partial charge in [-0.05, 0) is 90.1 Å². The zero-order valence-electron chi connectivity index (χ0n) is 28.7. The lowest BCUT2D eigenvalue weighted by Gasteiger charge is -2.27. The first-order valence-electron chi connectivity index (χ1n) is 17.0. The molecule has 1 aromatic heterocycles. The van der Waals surface area contributed by atoms with Crippen LogP contribution in [0.3, 0.4) is 0 Å². The third-order valence-electron chi connectivity index (χ3n) is 8.27. The first-order valence-corrected chi connectivity index (χ1v) is 18.3. The van der Waals surface area contributed by atoms with Crippen molar-refractivity contribution in [1.82, 2.24) is 9.55 Å². The van der Waals surface area contributed by atoms with E-state index in [2.05, 4.69) is 72.2 Å². The van der Waals surface area contributed by atoms with E-state index >= 15 is 0 Å². The number of fused-ring (bicyclic) bond motifs is 1. The number of ether oxygens (including phenoxy) is 2. The van der Waals surface area contributed by atoms with E-state index in [1.807, 2.05) is 22.8 Å². The van der Waals surface area contributed by atoms with E-state index in [9.17, 15) is 9.00 Å². The van der Waals surface area contributed by atoms with Gasteiger partial charge in [-0.3, -0.25) is 9.00 Å². The Balaban J connectivity index is 1.28. The Kier molecular flexibility index (Phi) is 12.8. The Morgan fingerprint density at radius 1 is 1.04 bits per heavy atom. The van der Waals surface area contributed by atoms with Gasteiger partial charge < -0.3 is 24.3 Å². The number of unbranched alkanes of at least 4 members (excludes halogenated alkanes) is 1. The molecule has 0 fully saturated rings. The maximum atomic E-state index is 13.6. The highest BCUT2D eigenvalue weighted by Gasteiger charge is 2.21. The van der Waals surface area contributed by atoms with Crippen LogP contribution in [0.25, 0.3) is 17.2 Å². The SMILES string of the molecule is C#CCn1cncc1CS(=O)c1ccc(NC(=O)C2=Cc3cc(-c4ccc(OCCOCCCC)cc4)ccc3N(CC(C)C)CC2)cc1. The Morgan fingerprint density at radius 2 is 1.82 bits per heavy atom. The molecule has 1 amide bonds. The third-order valence-corrected chi connectivity index (χ3v) is 9.62. The Bertz CT molecular complexity index is 1790. The number of hydrogen-bond acceptors (Lipinski definition) is 6. The van der Waals surface area contributed by atoms with Crippen molar-refractivity contribution in [2.75, 3.05) is 43.1 Å². The molecule has 5 rings (SSSR count). The molecule has 1 aliphatic rings. The molecule has 0 bridgehead atoms. The van der Waals surface area contributed by atoms with Gasteiger partial charge in [0.15, 0.2) is 0 Å². The Morgan fingerprint density at radius 3 is 2.55 bits per heavy atom. The molecule has 0 aliphatic carbocycles. The third kappa shape index (κ3) is 9.94. The van der Waals surface area contributed by atoms with Crippen LogP contribution < -0.4 is 15.0 Å². The topological polar surface area (TPSA) is 85.7 Å². The summed E-state index contributed by atoms with van der Waals surface area (Å²) in [5, 5.41) is 3.06. The summed E-state index contributed by atoms with van der Waals surface area (Å²) in [6.07, 6.45) is 13.6. The first kappa shape index (κ1) is 35.7. The molecule has 1 unspecified atom stereocenters. The highest BCUT2D eigenvalue weighted by Crippen LogP contribution is 2.34. The number of benzene rings is 3. The predicted molar refractivity (Wildman–Crippen MR) is 199 cm³/mol. The normalized spacial score (nSPS) is 13.3. The quantitative estimate of drug-likeness (QED) is 0.0972. The molecule has 0 saturated heterocycles. The Labute approximate surface area is 293 Å². The van der Waals surface area contributed by atoms with Gasteiger partial charge in [0.2, 0.25) is 0 Å². The molecule has 4 aromatic rings. The predicted octanol–water partition coefficient (Wildman–Crippen LogP) is 7.57. The molecule has 1 N–H and O–H groups in total. The molecule has 0 radical (unpaired) electrons. The molecular weight excluding hydrogens is 633 g/mol. The van der Waals surface area contributed by atoms with Crippen LogP contribution in [0.15, 0.2) is 89.7 Å². The van der Waals surface area contributed by atoms with Crippen molar-refractivity contribution in [3.05, 3.63) is 96.1 Å². The lowest BCUT2D eigenvalue weighted by Crippen LogP contribution is -2.29. The molecule has 0 spiro atoms. The molecule has 9 heteroatoms. The van der Waals surface area contributed by atoms with Gasteiger partial charge in [0.25, 0.3) is 5.91 Å². The van der Waals surface area contributed by atoms with Crippen molar-refractivity contribution in [1.29, 1.82) is 0 Å². The van der Waals surface area contributed by atoms with Crippen LogP contribution >= 0.6 is 0 Å². The average molecular weight is 679 g/mol. The number of amides is 1. The van der Waals surface area contributed by atoms with Gasteiger partial charge in [-0.15, -0.1) is 6.42 Å². The molecule has 2 heterocycles. The summed E-state index contributed by atoms with van der Waals surface area (Å²) < 4.78 is 26.3. The number of rotatable bonds is 16. The van der Waals surface area contributed by atoms with Gasteiger partial charge in [0.1, 0.15) is 12.4 Å². The van der Waals surface area contributed by atoms with E-state index in [4.69, 9.17) is 15.9 Å². The minimum absolute atomic E-state index is 0.144. The summed E-state index contributed by atoms with van der Waals surface area (Å²) in [7, 11) is -1.28. The molecule has 1 atom stereocenters. The molecule has 256 valence electrons. The highest BCUT2D eigenvalue weighted by atomic mass is 32.2. The van der Waals surface area contributed by atoms with Crippen LogP contribution in [0, 0.1) is 18.3 Å². The Hall–Kier alpha value is -4.65. The summed E-state index contributed by atoms with van der Waals surface area (Å²) in [5.74, 6) is 4.03. The fraction of sp³-hybridized carbons (Fsp3) is 0.350. The molecule has 0 saturated carbocycles. The second-order valence-electron chi connectivity index (χ2n) is 12.6. The van der Waals surface area contributed by atoms with E-state index in [0.717, 1.165) is 66.4 Å². The number of nitrogens with zero attached hydrogens (tertiary/aromatic N) is 3. The summed E-state index contributed by atoms with van der Waals surface area (Å²) >= 11 is 0. The second kappa shape index (κ2) is 17.7. The standard InChI is InChI=1S/C40H46N4O4S/c1-5-7-21-47-22-23-48-37-13-8-31(9-14-37)32-10-17-39-34(24-32)25-33(18-20-43(39)27-30(3)4)40(45)42-35-11-15-38(16-12-35)49(46)28-36-26-41-29-44(36)19-6-2/h2,8-17,24-26,29-30H,5,7,18-23,27-28H2,1,3-4H3,(H,42,45). The van der Waals surface area contributed by atoms with Crippen molar-refractivity contribution in [2.24, 2.45) is 5.92 Å². The van der Waals surface area contributed by atoms with E-state index in [-0.39, 0.29) is 5.91 Å². The summed E-state index contributed by atoms with van der Waals surface area (Å²) in [5.41, 5.74) is 6.46. The number of imidazole rings is 1. The molecule has 1 aliphatic heterocycles. The maximum Gasteiger partial charge on any atom is 0.251 e. The van der Waals surface area contributed by atoms with E-state index in [0.29, 0.717) is 54.0 Å². The van der Waals surface area contributed by atoms with Gasteiger partial charge in [-0.2, -0.15) is 0 Å². The van der Waals surface area contributed by atoms with Crippen molar-refractivity contribution in [3.8, 4) is 29.2 Å². The fourth-order valence-corrected chi connectivity index (χ4v) is 6.84. The molecule has 8 nitrogen and oxygen atoms in total. The van der Waals surface area contributed by atoms with Crippen LogP contribution in [0.2, 0.25) is 0 Å². The average Bonchev–Trinajstić information content (AvgIpc) is 3.45. The van der Waals surface area contributed by atoms with Crippen molar-refractivity contribution < 1.29 is 18.5 Å². The number of carbonyl (C=O) groups is 1. The van der Waals surface area contributed by atoms with E-state index in [1.165, 1.54) is 0 Å². The fourth-order valence-electron chi connectivity index (χ4n) is 5.72. The highest BCUT2D eigenvalue weighted by molar-refractivity contribution is 7.84. The maximum absolute atomic E-state index is 13.6. The minimum atomic E-state index is -1.28. The van der Waals surface area contributed by atoms with Crippen molar-refractivity contribution in [2.45, 2.75) is 57.2 Å². The lowest BCUT2D eigenvalue weighted by molar-refractivity contribution is -0.112. The summed E-state index contributed by atoms with van der Waals surface area (Å²) in [6.45, 7) is 10.5. The molecular formula is C40H46N4O4S. The van der Waals surface area contributed by atoms with Crippen LogP contribution in [0.4, 0.5) is 11.4 Å². The van der Waals surface area contributed by atoms with Crippen LogP contribution in [-0.4, -0.2) is 52.6 Å². The van der Waals surface area contributed by atoms with Gasteiger partial charge >= 0.3 is 0 Å². The van der Waals surface area contributed by atoms with Crippen molar-refractivity contribution >= 4 is 34.2 Å². The second-order valence-corrected chi connectivity index (χ2v) is 14.0. The van der Waals surface area contributed by atoms with Gasteiger partial charge in [0.05, 0.1) is 41.7 Å². The number of aromatic nitrogens is 2. The lowest BCUT2D eigenvalue weighted by atomic mass is 10.00. The number of carbonyl (C=O) groups excluding carboxylic acids is 1. The van der Waals surface area contributed by atoms with Crippen molar-refractivity contribution in [3.63, 3.8) is 0 Å².